The molecule has 17 heavy (non-hydrogen) atoms. The molecule has 1 aliphatic heterocycles. The van der Waals surface area contributed by atoms with Gasteiger partial charge in [-0.05, 0) is 52.7 Å². The summed E-state index contributed by atoms with van der Waals surface area (Å²) in [6.45, 7) is 9.77. The standard InChI is InChI=1S/C13H26N2O2/c1-4-14(10-13(16)17)12-6-5-8-15(9-7-12)11(2)3/h11-12H,4-10H2,1-3H3,(H,16,17). The second kappa shape index (κ2) is 6.97. The molecule has 1 saturated heterocycles. The molecule has 1 heterocycles. The third kappa shape index (κ3) is 4.64. The lowest BCUT2D eigenvalue weighted by atomic mass is 10.1. The lowest BCUT2D eigenvalue weighted by molar-refractivity contribution is -0.138. The highest BCUT2D eigenvalue weighted by atomic mass is 16.4. The van der Waals surface area contributed by atoms with Gasteiger partial charge in [-0.25, -0.2) is 0 Å². The fraction of sp³-hybridized carbons (Fsp3) is 0.923. The molecule has 1 aliphatic rings. The third-order valence-corrected chi connectivity index (χ3v) is 3.72. The number of hydrogen-bond acceptors (Lipinski definition) is 3. The quantitative estimate of drug-likeness (QED) is 0.796. The number of nitrogens with zero attached hydrogens (tertiary/aromatic N) is 2. The Kier molecular flexibility index (Phi) is 5.92. The topological polar surface area (TPSA) is 43.8 Å². The van der Waals surface area contributed by atoms with Crippen LogP contribution in [0, 0.1) is 0 Å². The maximum Gasteiger partial charge on any atom is 0.317 e. The molecule has 0 radical (unpaired) electrons. The molecule has 0 aromatic carbocycles. The summed E-state index contributed by atoms with van der Waals surface area (Å²) in [4.78, 5) is 15.4. The minimum Gasteiger partial charge on any atom is -0.480 e. The average Bonchev–Trinajstić information content (AvgIpc) is 2.51. The van der Waals surface area contributed by atoms with Gasteiger partial charge < -0.3 is 10.0 Å². The number of rotatable bonds is 5. The summed E-state index contributed by atoms with van der Waals surface area (Å²) in [6.07, 6.45) is 3.41. The predicted molar refractivity (Wildman–Crippen MR) is 69.2 cm³/mol. The number of hydrogen-bond donors (Lipinski definition) is 1. The smallest absolute Gasteiger partial charge is 0.317 e. The van der Waals surface area contributed by atoms with Gasteiger partial charge >= 0.3 is 5.97 Å². The van der Waals surface area contributed by atoms with Crippen molar-refractivity contribution in [2.24, 2.45) is 0 Å². The van der Waals surface area contributed by atoms with Crippen LogP contribution in [0.4, 0.5) is 0 Å². The molecule has 0 aromatic heterocycles. The minimum absolute atomic E-state index is 0.183. The van der Waals surface area contributed by atoms with Crippen LogP contribution in [0.2, 0.25) is 0 Å². The van der Waals surface area contributed by atoms with Gasteiger partial charge in [0.05, 0.1) is 6.54 Å². The summed E-state index contributed by atoms with van der Waals surface area (Å²) in [6, 6.07) is 1.04. The van der Waals surface area contributed by atoms with Crippen LogP contribution in [0.1, 0.15) is 40.0 Å². The number of carbonyl (C=O) groups is 1. The molecule has 0 amide bonds. The Labute approximate surface area is 105 Å². The Bertz CT molecular complexity index is 244. The van der Waals surface area contributed by atoms with E-state index in [2.05, 4.69) is 23.6 Å². The summed E-state index contributed by atoms with van der Waals surface area (Å²) in [7, 11) is 0. The van der Waals surface area contributed by atoms with Crippen LogP contribution in [0.5, 0.6) is 0 Å². The molecule has 0 bridgehead atoms. The molecule has 0 saturated carbocycles. The minimum atomic E-state index is -0.711. The van der Waals surface area contributed by atoms with Crippen molar-refractivity contribution in [1.82, 2.24) is 9.80 Å². The molecule has 4 nitrogen and oxygen atoms in total. The molecular formula is C13H26N2O2. The highest BCUT2D eigenvalue weighted by molar-refractivity contribution is 5.69. The van der Waals surface area contributed by atoms with Crippen LogP contribution in [-0.2, 0) is 4.79 Å². The third-order valence-electron chi connectivity index (χ3n) is 3.72. The molecule has 1 rings (SSSR count). The maximum atomic E-state index is 10.8. The van der Waals surface area contributed by atoms with Crippen molar-refractivity contribution in [2.75, 3.05) is 26.2 Å². The van der Waals surface area contributed by atoms with Gasteiger partial charge in [0.15, 0.2) is 0 Å². The molecule has 0 spiro atoms. The van der Waals surface area contributed by atoms with Gasteiger partial charge in [-0.3, -0.25) is 9.69 Å². The molecule has 0 aliphatic carbocycles. The van der Waals surface area contributed by atoms with Crippen LogP contribution >= 0.6 is 0 Å². The zero-order valence-electron chi connectivity index (χ0n) is 11.4. The van der Waals surface area contributed by atoms with Gasteiger partial charge in [-0.1, -0.05) is 6.92 Å². The van der Waals surface area contributed by atoms with Crippen LogP contribution in [0.25, 0.3) is 0 Å². The Morgan fingerprint density at radius 2 is 2.12 bits per heavy atom. The zero-order valence-corrected chi connectivity index (χ0v) is 11.4. The number of likely N-dealkylation sites (N-methyl/N-ethyl adjacent to an activating group) is 1. The highest BCUT2D eigenvalue weighted by Gasteiger charge is 2.23. The summed E-state index contributed by atoms with van der Waals surface area (Å²) in [5.41, 5.74) is 0. The Hall–Kier alpha value is -0.610. The van der Waals surface area contributed by atoms with Crippen LogP contribution < -0.4 is 0 Å². The first kappa shape index (κ1) is 14.5. The largest absolute Gasteiger partial charge is 0.480 e. The van der Waals surface area contributed by atoms with Crippen molar-refractivity contribution in [3.8, 4) is 0 Å². The lowest BCUT2D eigenvalue weighted by Crippen LogP contribution is -2.40. The second-order valence-electron chi connectivity index (χ2n) is 5.17. The van der Waals surface area contributed by atoms with E-state index >= 15 is 0 Å². The summed E-state index contributed by atoms with van der Waals surface area (Å²) in [5.74, 6) is -0.711. The van der Waals surface area contributed by atoms with Gasteiger partial charge in [-0.2, -0.15) is 0 Å². The first-order valence-electron chi connectivity index (χ1n) is 6.74. The van der Waals surface area contributed by atoms with E-state index in [0.717, 1.165) is 32.5 Å². The molecule has 1 atom stereocenters. The Balaban J connectivity index is 2.51. The second-order valence-corrected chi connectivity index (χ2v) is 5.17. The Morgan fingerprint density at radius 3 is 2.65 bits per heavy atom. The van der Waals surface area contributed by atoms with E-state index in [0.29, 0.717) is 12.1 Å². The molecule has 0 aromatic rings. The molecule has 1 unspecified atom stereocenters. The van der Waals surface area contributed by atoms with E-state index in [-0.39, 0.29) is 6.54 Å². The van der Waals surface area contributed by atoms with Gasteiger partial charge in [0.25, 0.3) is 0 Å². The van der Waals surface area contributed by atoms with Gasteiger partial charge in [-0.15, -0.1) is 0 Å². The van der Waals surface area contributed by atoms with Crippen LogP contribution in [-0.4, -0.2) is 59.1 Å². The fourth-order valence-corrected chi connectivity index (χ4v) is 2.66. The summed E-state index contributed by atoms with van der Waals surface area (Å²) >= 11 is 0. The monoisotopic (exact) mass is 242 g/mol. The molecule has 100 valence electrons. The van der Waals surface area contributed by atoms with E-state index < -0.39 is 5.97 Å². The fourth-order valence-electron chi connectivity index (χ4n) is 2.66. The van der Waals surface area contributed by atoms with E-state index in [1.165, 1.54) is 6.42 Å². The molecule has 1 N–H and O–H groups in total. The van der Waals surface area contributed by atoms with Gasteiger partial charge in [0.1, 0.15) is 0 Å². The SMILES string of the molecule is CCN(CC(=O)O)C1CCCN(C(C)C)CC1. The normalized spacial score (nSPS) is 23.0. The average molecular weight is 242 g/mol. The van der Waals surface area contributed by atoms with E-state index in [1.807, 2.05) is 6.92 Å². The zero-order chi connectivity index (χ0) is 12.8. The van der Waals surface area contributed by atoms with Crippen molar-refractivity contribution < 1.29 is 9.90 Å². The van der Waals surface area contributed by atoms with Crippen molar-refractivity contribution in [1.29, 1.82) is 0 Å². The summed E-state index contributed by atoms with van der Waals surface area (Å²) < 4.78 is 0. The number of carboxylic acid groups (broad SMARTS) is 1. The Morgan fingerprint density at radius 1 is 1.41 bits per heavy atom. The van der Waals surface area contributed by atoms with E-state index in [1.54, 1.807) is 0 Å². The first-order chi connectivity index (χ1) is 8.04. The summed E-state index contributed by atoms with van der Waals surface area (Å²) in [5, 5.41) is 8.90. The molecule has 1 fully saturated rings. The highest BCUT2D eigenvalue weighted by Crippen LogP contribution is 2.18. The van der Waals surface area contributed by atoms with Crippen molar-refractivity contribution in [3.05, 3.63) is 0 Å². The molecule has 4 heteroatoms. The van der Waals surface area contributed by atoms with E-state index in [9.17, 15) is 4.79 Å². The van der Waals surface area contributed by atoms with Crippen molar-refractivity contribution in [2.45, 2.75) is 52.1 Å². The number of likely N-dealkylation sites (tertiary alicyclic amines) is 1. The van der Waals surface area contributed by atoms with Gasteiger partial charge in [0.2, 0.25) is 0 Å². The van der Waals surface area contributed by atoms with Crippen LogP contribution in [0.15, 0.2) is 0 Å². The van der Waals surface area contributed by atoms with Crippen molar-refractivity contribution in [3.63, 3.8) is 0 Å². The number of aliphatic carboxylic acids is 1. The lowest BCUT2D eigenvalue weighted by Gasteiger charge is -2.29. The first-order valence-corrected chi connectivity index (χ1v) is 6.74. The molecular weight excluding hydrogens is 216 g/mol. The number of carboxylic acids is 1. The van der Waals surface area contributed by atoms with Crippen LogP contribution in [0.3, 0.4) is 0 Å². The van der Waals surface area contributed by atoms with E-state index in [4.69, 9.17) is 5.11 Å². The maximum absolute atomic E-state index is 10.8. The van der Waals surface area contributed by atoms with Crippen molar-refractivity contribution >= 4 is 5.97 Å². The predicted octanol–water partition coefficient (Wildman–Crippen LogP) is 1.66. The van der Waals surface area contributed by atoms with Gasteiger partial charge in [0, 0.05) is 12.1 Å².